The van der Waals surface area contributed by atoms with E-state index < -0.39 is 6.10 Å². The molecule has 3 aliphatic heterocycles. The van der Waals surface area contributed by atoms with Crippen LogP contribution < -0.4 is 9.47 Å². The van der Waals surface area contributed by atoms with E-state index in [0.717, 1.165) is 32.4 Å². The van der Waals surface area contributed by atoms with Crippen LogP contribution in [0, 0.1) is 11.5 Å². The maximum absolute atomic E-state index is 13.2. The van der Waals surface area contributed by atoms with Crippen LogP contribution in [0.5, 0.6) is 11.5 Å². The summed E-state index contributed by atoms with van der Waals surface area (Å²) in [5.74, 6) is 1.06. The summed E-state index contributed by atoms with van der Waals surface area (Å²) in [6.45, 7) is 4.73. The Morgan fingerprint density at radius 1 is 1.09 bits per heavy atom. The Morgan fingerprint density at radius 3 is 2.69 bits per heavy atom. The zero-order chi connectivity index (χ0) is 24.2. The fourth-order valence-corrected chi connectivity index (χ4v) is 5.17. The third-order valence-electron chi connectivity index (χ3n) is 7.09. The first-order chi connectivity index (χ1) is 17.1. The number of likely N-dealkylation sites (tertiary alicyclic amines) is 1. The quantitative estimate of drug-likeness (QED) is 0.640. The van der Waals surface area contributed by atoms with Crippen LogP contribution >= 0.6 is 0 Å². The molecule has 1 atom stereocenters. The van der Waals surface area contributed by atoms with Crippen molar-refractivity contribution in [1.82, 2.24) is 14.7 Å². The molecule has 1 N–H and O–H groups in total. The molecule has 1 fully saturated rings. The van der Waals surface area contributed by atoms with Gasteiger partial charge in [0.05, 0.1) is 18.2 Å². The lowest BCUT2D eigenvalue weighted by molar-refractivity contribution is 0.0501. The van der Waals surface area contributed by atoms with E-state index >= 15 is 0 Å². The zero-order valence-electron chi connectivity index (χ0n) is 19.9. The van der Waals surface area contributed by atoms with E-state index in [4.69, 9.17) is 14.7 Å². The number of hydrogen-bond acceptors (Lipinski definition) is 7. The lowest BCUT2D eigenvalue weighted by Gasteiger charge is -2.32. The number of nitriles is 1. The first-order valence-electron chi connectivity index (χ1n) is 12.4. The number of carbonyl (C=O) groups excluding carboxylic acids is 1. The zero-order valence-corrected chi connectivity index (χ0v) is 19.9. The number of hydrogen-bond donors (Lipinski definition) is 1. The van der Waals surface area contributed by atoms with E-state index in [9.17, 15) is 9.90 Å². The van der Waals surface area contributed by atoms with Gasteiger partial charge < -0.3 is 24.4 Å². The highest BCUT2D eigenvalue weighted by Crippen LogP contribution is 2.30. The first kappa shape index (κ1) is 23.5. The molecule has 3 heterocycles. The van der Waals surface area contributed by atoms with Crippen molar-refractivity contribution in [1.29, 1.82) is 5.26 Å². The van der Waals surface area contributed by atoms with Gasteiger partial charge in [-0.2, -0.15) is 5.26 Å². The van der Waals surface area contributed by atoms with Crippen LogP contribution in [0.1, 0.15) is 34.3 Å². The SMILES string of the molecule is N#CN1CCC(Oc2ccc3c(c2)OCCN(CC(O)CN2CCc4ccccc4C2)C3=O)CC1. The van der Waals surface area contributed by atoms with Gasteiger partial charge in [-0.05, 0) is 29.7 Å². The van der Waals surface area contributed by atoms with Crippen molar-refractivity contribution >= 4 is 5.91 Å². The number of fused-ring (bicyclic) bond motifs is 2. The molecular weight excluding hydrogens is 444 g/mol. The fraction of sp³-hybridized carbons (Fsp3) is 0.481. The van der Waals surface area contributed by atoms with Crippen LogP contribution in [0.25, 0.3) is 0 Å². The molecule has 0 aromatic heterocycles. The maximum atomic E-state index is 13.2. The minimum absolute atomic E-state index is 0.0486. The number of rotatable bonds is 6. The summed E-state index contributed by atoms with van der Waals surface area (Å²) in [5.41, 5.74) is 3.19. The summed E-state index contributed by atoms with van der Waals surface area (Å²) < 4.78 is 12.0. The standard InChI is InChI=1S/C27H32N4O4/c28-19-29-11-8-23(9-12-29)35-24-5-6-25-26(15-24)34-14-13-31(27(25)33)18-22(32)17-30-10-7-20-3-1-2-4-21(20)16-30/h1-6,15,22-23,32H,7-14,16-18H2. The molecule has 2 aromatic carbocycles. The van der Waals surface area contributed by atoms with Crippen molar-refractivity contribution in [3.63, 3.8) is 0 Å². The Kier molecular flexibility index (Phi) is 7.07. The van der Waals surface area contributed by atoms with Gasteiger partial charge in [-0.15, -0.1) is 0 Å². The van der Waals surface area contributed by atoms with E-state index in [1.165, 1.54) is 11.1 Å². The van der Waals surface area contributed by atoms with Crippen LogP contribution in [-0.4, -0.2) is 83.8 Å². The highest BCUT2D eigenvalue weighted by Gasteiger charge is 2.28. The maximum Gasteiger partial charge on any atom is 0.257 e. The molecule has 3 aliphatic rings. The molecule has 1 saturated heterocycles. The van der Waals surface area contributed by atoms with Gasteiger partial charge in [-0.3, -0.25) is 9.69 Å². The van der Waals surface area contributed by atoms with Crippen molar-refractivity contribution in [2.75, 3.05) is 45.9 Å². The number of piperidine rings is 1. The Labute approximate surface area is 206 Å². The van der Waals surface area contributed by atoms with Gasteiger partial charge in [0.1, 0.15) is 24.2 Å². The van der Waals surface area contributed by atoms with Crippen molar-refractivity contribution < 1.29 is 19.4 Å². The number of amides is 1. The molecule has 1 unspecified atom stereocenters. The van der Waals surface area contributed by atoms with Crippen LogP contribution in [0.4, 0.5) is 0 Å². The number of nitrogens with zero attached hydrogens (tertiary/aromatic N) is 4. The minimum atomic E-state index is -0.632. The number of ether oxygens (including phenoxy) is 2. The molecule has 2 aromatic rings. The van der Waals surface area contributed by atoms with Gasteiger partial charge in [0.15, 0.2) is 6.19 Å². The van der Waals surface area contributed by atoms with Crippen molar-refractivity contribution in [3.05, 3.63) is 59.2 Å². The monoisotopic (exact) mass is 476 g/mol. The Hall–Kier alpha value is -3.28. The predicted octanol–water partition coefficient (Wildman–Crippen LogP) is 2.26. The van der Waals surface area contributed by atoms with E-state index in [1.54, 1.807) is 21.9 Å². The van der Waals surface area contributed by atoms with Crippen LogP contribution in [-0.2, 0) is 13.0 Å². The largest absolute Gasteiger partial charge is 0.491 e. The smallest absolute Gasteiger partial charge is 0.257 e. The van der Waals surface area contributed by atoms with Gasteiger partial charge in [0, 0.05) is 58.2 Å². The van der Waals surface area contributed by atoms with Crippen molar-refractivity contribution in [2.45, 2.75) is 38.0 Å². The number of carbonyl (C=O) groups is 1. The summed E-state index contributed by atoms with van der Waals surface area (Å²) in [7, 11) is 0. The highest BCUT2D eigenvalue weighted by molar-refractivity contribution is 5.97. The number of benzene rings is 2. The van der Waals surface area contributed by atoms with E-state index in [0.29, 0.717) is 49.8 Å². The van der Waals surface area contributed by atoms with Crippen LogP contribution in [0.3, 0.4) is 0 Å². The lowest BCUT2D eigenvalue weighted by Crippen LogP contribution is -2.44. The second kappa shape index (κ2) is 10.5. The molecular formula is C27H32N4O4. The topological polar surface area (TPSA) is 89.3 Å². The molecule has 5 rings (SSSR count). The van der Waals surface area contributed by atoms with E-state index in [-0.39, 0.29) is 18.6 Å². The predicted molar refractivity (Wildman–Crippen MR) is 130 cm³/mol. The highest BCUT2D eigenvalue weighted by atomic mass is 16.5. The average molecular weight is 477 g/mol. The second-order valence-electron chi connectivity index (χ2n) is 9.57. The summed E-state index contributed by atoms with van der Waals surface area (Å²) in [4.78, 5) is 18.9. The summed E-state index contributed by atoms with van der Waals surface area (Å²) in [6, 6.07) is 13.8. The molecule has 0 radical (unpaired) electrons. The number of aliphatic hydroxyl groups is 1. The minimum Gasteiger partial charge on any atom is -0.491 e. The number of β-amino-alcohol motifs (C(OH)–C–C–N with tert-alkyl or cyclic N) is 1. The lowest BCUT2D eigenvalue weighted by atomic mass is 10.00. The van der Waals surface area contributed by atoms with Crippen LogP contribution in [0.15, 0.2) is 42.5 Å². The molecule has 0 bridgehead atoms. The van der Waals surface area contributed by atoms with Gasteiger partial charge >= 0.3 is 0 Å². The Balaban J connectivity index is 1.18. The third-order valence-corrected chi connectivity index (χ3v) is 7.09. The Bertz CT molecular complexity index is 1090. The van der Waals surface area contributed by atoms with E-state index in [1.807, 2.05) is 6.07 Å². The van der Waals surface area contributed by atoms with Crippen LogP contribution in [0.2, 0.25) is 0 Å². The van der Waals surface area contributed by atoms with Gasteiger partial charge in [0.2, 0.25) is 0 Å². The van der Waals surface area contributed by atoms with Gasteiger partial charge in [-0.25, -0.2) is 0 Å². The van der Waals surface area contributed by atoms with Crippen molar-refractivity contribution in [3.8, 4) is 17.7 Å². The molecule has 8 nitrogen and oxygen atoms in total. The first-order valence-corrected chi connectivity index (χ1v) is 12.4. The third kappa shape index (κ3) is 5.53. The van der Waals surface area contributed by atoms with Gasteiger partial charge in [0.25, 0.3) is 5.91 Å². The normalized spacial score (nSPS) is 19.7. The molecule has 35 heavy (non-hydrogen) atoms. The molecule has 0 aliphatic carbocycles. The Morgan fingerprint density at radius 2 is 1.89 bits per heavy atom. The average Bonchev–Trinajstić information content (AvgIpc) is 3.02. The van der Waals surface area contributed by atoms with E-state index in [2.05, 4.69) is 35.4 Å². The molecule has 0 spiro atoms. The molecule has 0 saturated carbocycles. The van der Waals surface area contributed by atoms with Crippen molar-refractivity contribution in [2.24, 2.45) is 0 Å². The summed E-state index contributed by atoms with van der Waals surface area (Å²) in [6.07, 6.45) is 4.16. The molecule has 184 valence electrons. The summed E-state index contributed by atoms with van der Waals surface area (Å²) in [5, 5.41) is 19.8. The molecule has 1 amide bonds. The van der Waals surface area contributed by atoms with Gasteiger partial charge in [-0.1, -0.05) is 24.3 Å². The number of aliphatic hydroxyl groups excluding tert-OH is 1. The molecule has 8 heteroatoms. The second-order valence-corrected chi connectivity index (χ2v) is 9.57. The fourth-order valence-electron chi connectivity index (χ4n) is 5.17. The summed E-state index contributed by atoms with van der Waals surface area (Å²) >= 11 is 0.